The molecule has 2 aliphatic rings. The Morgan fingerprint density at radius 2 is 2.05 bits per heavy atom. The molecular formula is C16H24N2O. The molecule has 2 aliphatic heterocycles. The van der Waals surface area contributed by atoms with Gasteiger partial charge in [-0.25, -0.2) is 0 Å². The van der Waals surface area contributed by atoms with Gasteiger partial charge in [0.25, 0.3) is 0 Å². The van der Waals surface area contributed by atoms with Crippen LogP contribution in [0.2, 0.25) is 0 Å². The van der Waals surface area contributed by atoms with E-state index in [4.69, 9.17) is 0 Å². The van der Waals surface area contributed by atoms with Gasteiger partial charge in [0.05, 0.1) is 0 Å². The quantitative estimate of drug-likeness (QED) is 0.884. The minimum Gasteiger partial charge on any atom is -0.508 e. The Bertz CT molecular complexity index is 446. The number of rotatable bonds is 2. The van der Waals surface area contributed by atoms with Gasteiger partial charge in [0.2, 0.25) is 0 Å². The van der Waals surface area contributed by atoms with Gasteiger partial charge in [0, 0.05) is 24.7 Å². The molecule has 0 aromatic heterocycles. The highest BCUT2D eigenvalue weighted by molar-refractivity contribution is 5.35. The molecule has 1 unspecified atom stereocenters. The Morgan fingerprint density at radius 3 is 2.95 bits per heavy atom. The van der Waals surface area contributed by atoms with Gasteiger partial charge >= 0.3 is 0 Å². The van der Waals surface area contributed by atoms with Crippen molar-refractivity contribution in [2.24, 2.45) is 0 Å². The summed E-state index contributed by atoms with van der Waals surface area (Å²) < 4.78 is 0. The molecule has 19 heavy (non-hydrogen) atoms. The Morgan fingerprint density at radius 1 is 1.21 bits per heavy atom. The number of phenols is 1. The lowest BCUT2D eigenvalue weighted by Gasteiger charge is -2.25. The summed E-state index contributed by atoms with van der Waals surface area (Å²) in [6.07, 6.45) is 3.95. The lowest BCUT2D eigenvalue weighted by Crippen LogP contribution is -2.36. The van der Waals surface area contributed by atoms with E-state index in [2.05, 4.69) is 22.8 Å². The van der Waals surface area contributed by atoms with Crippen LogP contribution in [0.3, 0.4) is 0 Å². The largest absolute Gasteiger partial charge is 0.508 e. The van der Waals surface area contributed by atoms with Gasteiger partial charge in [-0.05, 0) is 51.9 Å². The standard InChI is InChI=1S/C16H24N2O/c1-13-5-6-16(19)14(10-13)11-17-7-3-9-18-8-2-4-15(18)12-17/h5-6,10,15,19H,2-4,7-9,11-12H2,1H3. The average Bonchev–Trinajstić information content (AvgIpc) is 2.73. The molecule has 1 aromatic rings. The van der Waals surface area contributed by atoms with E-state index in [0.29, 0.717) is 5.75 Å². The first-order valence-corrected chi connectivity index (χ1v) is 7.47. The van der Waals surface area contributed by atoms with Crippen molar-refractivity contribution in [2.45, 2.75) is 38.8 Å². The third kappa shape index (κ3) is 2.93. The Kier molecular flexibility index (Phi) is 3.76. The summed E-state index contributed by atoms with van der Waals surface area (Å²) in [7, 11) is 0. The smallest absolute Gasteiger partial charge is 0.120 e. The number of aryl methyl sites for hydroxylation is 1. The third-order valence-electron chi connectivity index (χ3n) is 4.52. The highest BCUT2D eigenvalue weighted by Gasteiger charge is 2.28. The van der Waals surface area contributed by atoms with Crippen LogP contribution in [0.1, 0.15) is 30.4 Å². The van der Waals surface area contributed by atoms with Crippen LogP contribution in [0, 0.1) is 6.92 Å². The van der Waals surface area contributed by atoms with Crippen molar-refractivity contribution in [1.82, 2.24) is 9.80 Å². The second-order valence-corrected chi connectivity index (χ2v) is 6.05. The average molecular weight is 260 g/mol. The van der Waals surface area contributed by atoms with Crippen molar-refractivity contribution in [3.05, 3.63) is 29.3 Å². The number of aromatic hydroxyl groups is 1. The fraction of sp³-hybridized carbons (Fsp3) is 0.625. The zero-order chi connectivity index (χ0) is 13.2. The second kappa shape index (κ2) is 5.51. The summed E-state index contributed by atoms with van der Waals surface area (Å²) in [5.74, 6) is 0.443. The van der Waals surface area contributed by atoms with Gasteiger partial charge in [-0.3, -0.25) is 9.80 Å². The van der Waals surface area contributed by atoms with Crippen LogP contribution >= 0.6 is 0 Å². The van der Waals surface area contributed by atoms with E-state index in [1.807, 2.05) is 12.1 Å². The van der Waals surface area contributed by atoms with Gasteiger partial charge in [-0.15, -0.1) is 0 Å². The van der Waals surface area contributed by atoms with E-state index >= 15 is 0 Å². The zero-order valence-corrected chi connectivity index (χ0v) is 11.8. The third-order valence-corrected chi connectivity index (χ3v) is 4.52. The van der Waals surface area contributed by atoms with Crippen LogP contribution in [0.15, 0.2) is 18.2 Å². The summed E-state index contributed by atoms with van der Waals surface area (Å²) in [6, 6.07) is 6.66. The Labute approximate surface area is 115 Å². The lowest BCUT2D eigenvalue weighted by molar-refractivity contribution is 0.214. The maximum atomic E-state index is 9.99. The summed E-state index contributed by atoms with van der Waals surface area (Å²) in [5.41, 5.74) is 2.30. The predicted octanol–water partition coefficient (Wildman–Crippen LogP) is 2.37. The van der Waals surface area contributed by atoms with Crippen LogP contribution in [0.4, 0.5) is 0 Å². The van der Waals surface area contributed by atoms with E-state index < -0.39 is 0 Å². The number of phenolic OH excluding ortho intramolecular Hbond substituents is 1. The molecule has 104 valence electrons. The van der Waals surface area contributed by atoms with Crippen LogP contribution < -0.4 is 0 Å². The molecule has 2 saturated heterocycles. The molecule has 0 saturated carbocycles. The maximum Gasteiger partial charge on any atom is 0.120 e. The lowest BCUT2D eigenvalue weighted by atomic mass is 10.1. The number of hydrogen-bond donors (Lipinski definition) is 1. The van der Waals surface area contributed by atoms with Crippen LogP contribution in [0.25, 0.3) is 0 Å². The molecule has 3 rings (SSSR count). The normalized spacial score (nSPS) is 25.2. The second-order valence-electron chi connectivity index (χ2n) is 6.05. The summed E-state index contributed by atoms with van der Waals surface area (Å²) >= 11 is 0. The van der Waals surface area contributed by atoms with Crippen molar-refractivity contribution < 1.29 is 5.11 Å². The Balaban J connectivity index is 1.70. The van der Waals surface area contributed by atoms with E-state index in [1.54, 1.807) is 0 Å². The summed E-state index contributed by atoms with van der Waals surface area (Å²) in [5, 5.41) is 9.99. The zero-order valence-electron chi connectivity index (χ0n) is 11.8. The molecule has 0 aliphatic carbocycles. The van der Waals surface area contributed by atoms with Crippen molar-refractivity contribution in [3.63, 3.8) is 0 Å². The summed E-state index contributed by atoms with van der Waals surface area (Å²) in [4.78, 5) is 5.17. The maximum absolute atomic E-state index is 9.99. The van der Waals surface area contributed by atoms with E-state index in [1.165, 1.54) is 37.9 Å². The molecule has 3 nitrogen and oxygen atoms in total. The molecule has 2 heterocycles. The molecule has 1 atom stereocenters. The van der Waals surface area contributed by atoms with Gasteiger partial charge in [0.1, 0.15) is 5.75 Å². The predicted molar refractivity (Wildman–Crippen MR) is 77.3 cm³/mol. The molecule has 0 spiro atoms. The molecular weight excluding hydrogens is 236 g/mol. The van der Waals surface area contributed by atoms with Gasteiger partial charge < -0.3 is 5.11 Å². The fourth-order valence-corrected chi connectivity index (χ4v) is 3.51. The van der Waals surface area contributed by atoms with Crippen molar-refractivity contribution in [1.29, 1.82) is 0 Å². The number of nitrogens with zero attached hydrogens (tertiary/aromatic N) is 2. The van der Waals surface area contributed by atoms with Gasteiger partial charge in [-0.2, -0.15) is 0 Å². The number of hydrogen-bond acceptors (Lipinski definition) is 3. The molecule has 0 amide bonds. The van der Waals surface area contributed by atoms with Gasteiger partial charge in [0.15, 0.2) is 0 Å². The van der Waals surface area contributed by atoms with Crippen molar-refractivity contribution >= 4 is 0 Å². The van der Waals surface area contributed by atoms with Crippen LogP contribution in [-0.2, 0) is 6.54 Å². The Hall–Kier alpha value is -1.06. The first kappa shape index (κ1) is 12.9. The molecule has 2 fully saturated rings. The SMILES string of the molecule is Cc1ccc(O)c(CN2CCCN3CCCC3C2)c1. The molecule has 1 N–H and O–H groups in total. The fourth-order valence-electron chi connectivity index (χ4n) is 3.51. The monoisotopic (exact) mass is 260 g/mol. The topological polar surface area (TPSA) is 26.7 Å². The first-order chi connectivity index (χ1) is 9.22. The molecule has 1 aromatic carbocycles. The minimum atomic E-state index is 0.443. The highest BCUT2D eigenvalue weighted by Crippen LogP contribution is 2.25. The first-order valence-electron chi connectivity index (χ1n) is 7.47. The van der Waals surface area contributed by atoms with Crippen molar-refractivity contribution in [2.75, 3.05) is 26.2 Å². The minimum absolute atomic E-state index is 0.443. The number of fused-ring (bicyclic) bond motifs is 1. The highest BCUT2D eigenvalue weighted by atomic mass is 16.3. The van der Waals surface area contributed by atoms with Crippen molar-refractivity contribution in [3.8, 4) is 5.75 Å². The van der Waals surface area contributed by atoms with E-state index in [0.717, 1.165) is 31.2 Å². The molecule has 3 heteroatoms. The summed E-state index contributed by atoms with van der Waals surface area (Å²) in [6.45, 7) is 7.82. The van der Waals surface area contributed by atoms with E-state index in [9.17, 15) is 5.11 Å². The van der Waals surface area contributed by atoms with E-state index in [-0.39, 0.29) is 0 Å². The molecule has 0 bridgehead atoms. The van der Waals surface area contributed by atoms with Crippen LogP contribution in [0.5, 0.6) is 5.75 Å². The van der Waals surface area contributed by atoms with Gasteiger partial charge in [-0.1, -0.05) is 17.7 Å². The number of benzene rings is 1. The van der Waals surface area contributed by atoms with Crippen LogP contribution in [-0.4, -0.2) is 47.1 Å². The molecule has 0 radical (unpaired) electrons.